The van der Waals surface area contributed by atoms with Crippen molar-refractivity contribution in [3.05, 3.63) is 0 Å². The molecule has 0 saturated heterocycles. The molecule has 0 spiro atoms. The van der Waals surface area contributed by atoms with E-state index in [1.54, 1.807) is 0 Å². The molecular formula is C12H28O4. The summed E-state index contributed by atoms with van der Waals surface area (Å²) in [4.78, 5) is 0. The van der Waals surface area contributed by atoms with Gasteiger partial charge in [-0.2, -0.15) is 0 Å². The quantitative estimate of drug-likeness (QED) is 0.526. The zero-order chi connectivity index (χ0) is 12.6. The molecule has 0 fully saturated rings. The van der Waals surface area contributed by atoms with Crippen LogP contribution in [0.2, 0.25) is 0 Å². The van der Waals surface area contributed by atoms with Crippen molar-refractivity contribution in [3.8, 4) is 0 Å². The maximum Gasteiger partial charge on any atom is 0.0697 e. The van der Waals surface area contributed by atoms with Crippen LogP contribution >= 0.6 is 0 Å². The van der Waals surface area contributed by atoms with Gasteiger partial charge in [0, 0.05) is 6.61 Å². The van der Waals surface area contributed by atoms with Crippen molar-refractivity contribution < 1.29 is 20.1 Å². The van der Waals surface area contributed by atoms with Gasteiger partial charge in [-0.15, -0.1) is 0 Å². The first-order valence-corrected chi connectivity index (χ1v) is 6.16. The van der Waals surface area contributed by atoms with E-state index in [-0.39, 0.29) is 19.8 Å². The standard InChI is InChI=1S/C10H22O2.C2H6O2/c1-3-5-6-10(4-2)9-12-8-7-11;3-1-2-4/h10-11H,3-9H2,1-2H3;3-4H,1-2H2. The van der Waals surface area contributed by atoms with E-state index < -0.39 is 0 Å². The molecule has 0 amide bonds. The summed E-state index contributed by atoms with van der Waals surface area (Å²) in [6, 6.07) is 0. The molecule has 0 rings (SSSR count). The molecule has 3 N–H and O–H groups in total. The summed E-state index contributed by atoms with van der Waals surface area (Å²) in [7, 11) is 0. The summed E-state index contributed by atoms with van der Waals surface area (Å²) in [5.74, 6) is 0.691. The maximum absolute atomic E-state index is 8.50. The van der Waals surface area contributed by atoms with Crippen LogP contribution in [-0.2, 0) is 4.74 Å². The van der Waals surface area contributed by atoms with Crippen molar-refractivity contribution in [1.29, 1.82) is 0 Å². The van der Waals surface area contributed by atoms with Crippen LogP contribution in [0.4, 0.5) is 0 Å². The van der Waals surface area contributed by atoms with Gasteiger partial charge < -0.3 is 20.1 Å². The average molecular weight is 236 g/mol. The van der Waals surface area contributed by atoms with Gasteiger partial charge in [0.15, 0.2) is 0 Å². The second-order valence-corrected chi connectivity index (χ2v) is 3.66. The van der Waals surface area contributed by atoms with Crippen molar-refractivity contribution in [2.45, 2.75) is 39.5 Å². The van der Waals surface area contributed by atoms with Crippen LogP contribution in [-0.4, -0.2) is 48.4 Å². The van der Waals surface area contributed by atoms with E-state index in [0.29, 0.717) is 12.5 Å². The summed E-state index contributed by atoms with van der Waals surface area (Å²) in [6.45, 7) is 5.60. The van der Waals surface area contributed by atoms with Gasteiger partial charge in [0.25, 0.3) is 0 Å². The molecule has 16 heavy (non-hydrogen) atoms. The Bertz CT molecular complexity index is 107. The molecule has 0 radical (unpaired) electrons. The van der Waals surface area contributed by atoms with Crippen LogP contribution in [0.3, 0.4) is 0 Å². The van der Waals surface area contributed by atoms with Gasteiger partial charge in [-0.1, -0.05) is 33.1 Å². The molecule has 0 aliphatic rings. The van der Waals surface area contributed by atoms with Gasteiger partial charge in [0.05, 0.1) is 26.4 Å². The third-order valence-electron chi connectivity index (χ3n) is 2.23. The molecule has 4 nitrogen and oxygen atoms in total. The lowest BCUT2D eigenvalue weighted by Gasteiger charge is -2.13. The number of hydrogen-bond acceptors (Lipinski definition) is 4. The molecule has 0 saturated carbocycles. The minimum Gasteiger partial charge on any atom is -0.394 e. The highest BCUT2D eigenvalue weighted by Crippen LogP contribution is 2.12. The Morgan fingerprint density at radius 3 is 2.00 bits per heavy atom. The lowest BCUT2D eigenvalue weighted by atomic mass is 10.0. The first-order valence-electron chi connectivity index (χ1n) is 6.16. The van der Waals surface area contributed by atoms with E-state index in [1.807, 2.05) is 0 Å². The lowest BCUT2D eigenvalue weighted by molar-refractivity contribution is 0.0640. The average Bonchev–Trinajstić information content (AvgIpc) is 2.34. The number of ether oxygens (including phenoxy) is 1. The maximum atomic E-state index is 8.50. The molecule has 0 aliphatic heterocycles. The van der Waals surface area contributed by atoms with E-state index in [0.717, 1.165) is 6.61 Å². The predicted octanol–water partition coefficient (Wildman–Crippen LogP) is 1.18. The molecule has 0 aliphatic carbocycles. The molecule has 1 atom stereocenters. The topological polar surface area (TPSA) is 69.9 Å². The SMILES string of the molecule is CCCCC(CC)COCCO.OCCO. The summed E-state index contributed by atoms with van der Waals surface area (Å²) in [6.07, 6.45) is 5.00. The Hall–Kier alpha value is -0.160. The van der Waals surface area contributed by atoms with Gasteiger partial charge in [0.2, 0.25) is 0 Å². The first kappa shape index (κ1) is 18.2. The van der Waals surface area contributed by atoms with Crippen LogP contribution in [0.1, 0.15) is 39.5 Å². The van der Waals surface area contributed by atoms with Crippen LogP contribution in [0.25, 0.3) is 0 Å². The van der Waals surface area contributed by atoms with E-state index in [4.69, 9.17) is 20.1 Å². The third kappa shape index (κ3) is 16.3. The Balaban J connectivity index is 0. The highest BCUT2D eigenvalue weighted by Gasteiger charge is 2.04. The fraction of sp³-hybridized carbons (Fsp3) is 1.00. The van der Waals surface area contributed by atoms with Crippen molar-refractivity contribution in [2.24, 2.45) is 5.92 Å². The second-order valence-electron chi connectivity index (χ2n) is 3.66. The lowest BCUT2D eigenvalue weighted by Crippen LogP contribution is -2.10. The molecular weight excluding hydrogens is 208 g/mol. The van der Waals surface area contributed by atoms with Crippen LogP contribution in [0.5, 0.6) is 0 Å². The minimum absolute atomic E-state index is 0.125. The molecule has 0 aromatic carbocycles. The number of unbranched alkanes of at least 4 members (excludes halogenated alkanes) is 1. The number of hydrogen-bond donors (Lipinski definition) is 3. The predicted molar refractivity (Wildman–Crippen MR) is 65.4 cm³/mol. The van der Waals surface area contributed by atoms with Gasteiger partial charge in [-0.05, 0) is 12.3 Å². The van der Waals surface area contributed by atoms with Crippen LogP contribution < -0.4 is 0 Å². The first-order chi connectivity index (χ1) is 7.76. The van der Waals surface area contributed by atoms with Gasteiger partial charge in [0.1, 0.15) is 0 Å². The second kappa shape index (κ2) is 17.2. The monoisotopic (exact) mass is 236 g/mol. The van der Waals surface area contributed by atoms with Crippen molar-refractivity contribution in [3.63, 3.8) is 0 Å². The summed E-state index contributed by atoms with van der Waals surface area (Å²) >= 11 is 0. The molecule has 0 aromatic heterocycles. The highest BCUT2D eigenvalue weighted by molar-refractivity contribution is 4.55. The fourth-order valence-electron chi connectivity index (χ4n) is 1.21. The van der Waals surface area contributed by atoms with Crippen molar-refractivity contribution in [2.75, 3.05) is 33.0 Å². The van der Waals surface area contributed by atoms with Crippen LogP contribution in [0.15, 0.2) is 0 Å². The number of rotatable bonds is 9. The summed E-state index contributed by atoms with van der Waals surface area (Å²) in [5, 5.41) is 23.8. The zero-order valence-electron chi connectivity index (χ0n) is 10.7. The Kier molecular flexibility index (Phi) is 19.6. The number of aliphatic hydroxyl groups excluding tert-OH is 3. The highest BCUT2D eigenvalue weighted by atomic mass is 16.5. The third-order valence-corrected chi connectivity index (χ3v) is 2.23. The van der Waals surface area contributed by atoms with Crippen molar-refractivity contribution in [1.82, 2.24) is 0 Å². The fourth-order valence-corrected chi connectivity index (χ4v) is 1.21. The molecule has 1 unspecified atom stereocenters. The normalized spacial score (nSPS) is 11.8. The summed E-state index contributed by atoms with van der Waals surface area (Å²) < 4.78 is 5.28. The Morgan fingerprint density at radius 1 is 1.00 bits per heavy atom. The smallest absolute Gasteiger partial charge is 0.0697 e. The molecule has 0 bridgehead atoms. The molecule has 0 heterocycles. The zero-order valence-corrected chi connectivity index (χ0v) is 10.7. The van der Waals surface area contributed by atoms with Gasteiger partial charge >= 0.3 is 0 Å². The minimum atomic E-state index is -0.125. The van der Waals surface area contributed by atoms with Crippen molar-refractivity contribution >= 4 is 0 Å². The van der Waals surface area contributed by atoms with E-state index in [2.05, 4.69) is 13.8 Å². The van der Waals surface area contributed by atoms with Gasteiger partial charge in [-0.3, -0.25) is 0 Å². The largest absolute Gasteiger partial charge is 0.394 e. The Labute approximate surface area is 99.3 Å². The van der Waals surface area contributed by atoms with Gasteiger partial charge in [-0.25, -0.2) is 0 Å². The summed E-state index contributed by atoms with van der Waals surface area (Å²) in [5.41, 5.74) is 0. The Morgan fingerprint density at radius 2 is 1.62 bits per heavy atom. The van der Waals surface area contributed by atoms with Crippen LogP contribution in [0, 0.1) is 5.92 Å². The molecule has 100 valence electrons. The molecule has 0 aromatic rings. The van der Waals surface area contributed by atoms with E-state index in [1.165, 1.54) is 25.7 Å². The molecule has 4 heteroatoms. The van der Waals surface area contributed by atoms with E-state index in [9.17, 15) is 0 Å². The number of aliphatic hydroxyl groups is 3. The van der Waals surface area contributed by atoms with E-state index >= 15 is 0 Å².